The molecule has 1 atom stereocenters. The third kappa shape index (κ3) is 2.60. The smallest absolute Gasteiger partial charge is 0.374 e. The summed E-state index contributed by atoms with van der Waals surface area (Å²) in [6, 6.07) is 7.98. The number of aromatic carboxylic acids is 1. The molecule has 0 aliphatic carbocycles. The number of para-hydroxylation sites is 1. The number of fused-ring (bicyclic) bond motifs is 1. The van der Waals surface area contributed by atoms with Crippen LogP contribution >= 0.6 is 0 Å². The number of anilines is 1. The molecule has 0 saturated carbocycles. The summed E-state index contributed by atoms with van der Waals surface area (Å²) in [5.41, 5.74) is 0.214. The number of benzene rings is 1. The second kappa shape index (κ2) is 5.46. The normalized spacial score (nSPS) is 11.6. The van der Waals surface area contributed by atoms with Crippen LogP contribution in [0.15, 0.2) is 28.7 Å². The Morgan fingerprint density at radius 3 is 2.57 bits per heavy atom. The second-order valence-electron chi connectivity index (χ2n) is 4.27. The first-order chi connectivity index (χ1) is 9.95. The van der Waals surface area contributed by atoms with E-state index in [-0.39, 0.29) is 11.3 Å². The molecule has 0 aliphatic heterocycles. The molecule has 1 amide bonds. The van der Waals surface area contributed by atoms with Crippen molar-refractivity contribution in [2.45, 2.75) is 6.92 Å². The van der Waals surface area contributed by atoms with Crippen molar-refractivity contribution in [2.75, 3.05) is 5.32 Å². The van der Waals surface area contributed by atoms with Crippen LogP contribution in [0.5, 0.6) is 0 Å². The van der Waals surface area contributed by atoms with E-state index >= 15 is 0 Å². The van der Waals surface area contributed by atoms with Gasteiger partial charge in [0.15, 0.2) is 11.7 Å². The van der Waals surface area contributed by atoms with Gasteiger partial charge in [0.2, 0.25) is 11.7 Å². The Balaban J connectivity index is 2.48. The van der Waals surface area contributed by atoms with Gasteiger partial charge < -0.3 is 14.8 Å². The fourth-order valence-corrected chi connectivity index (χ4v) is 1.85. The molecule has 2 aromatic rings. The van der Waals surface area contributed by atoms with E-state index in [0.29, 0.717) is 5.39 Å². The van der Waals surface area contributed by atoms with Gasteiger partial charge in [0.25, 0.3) is 0 Å². The van der Waals surface area contributed by atoms with E-state index in [1.807, 2.05) is 0 Å². The third-order valence-electron chi connectivity index (χ3n) is 2.84. The van der Waals surface area contributed by atoms with Gasteiger partial charge in [0.05, 0.1) is 6.07 Å². The highest BCUT2D eigenvalue weighted by atomic mass is 16.4. The van der Waals surface area contributed by atoms with E-state index in [1.54, 1.807) is 30.3 Å². The number of hydrogen-bond acceptors (Lipinski definition) is 5. The molecule has 1 unspecified atom stereocenters. The topological polar surface area (TPSA) is 120 Å². The zero-order chi connectivity index (χ0) is 15.6. The van der Waals surface area contributed by atoms with Gasteiger partial charge in [0.1, 0.15) is 11.3 Å². The average Bonchev–Trinajstić information content (AvgIpc) is 2.78. The zero-order valence-corrected chi connectivity index (χ0v) is 10.9. The molecule has 0 spiro atoms. The molecule has 21 heavy (non-hydrogen) atoms. The molecular formula is C14H10N2O5. The van der Waals surface area contributed by atoms with E-state index in [2.05, 4.69) is 5.32 Å². The lowest BCUT2D eigenvalue weighted by atomic mass is 10.1. The van der Waals surface area contributed by atoms with Gasteiger partial charge in [-0.3, -0.25) is 9.59 Å². The van der Waals surface area contributed by atoms with Crippen LogP contribution < -0.4 is 5.32 Å². The molecule has 106 valence electrons. The maximum Gasteiger partial charge on any atom is 0.374 e. The lowest BCUT2D eigenvalue weighted by Crippen LogP contribution is -2.27. The molecule has 2 N–H and O–H groups in total. The van der Waals surface area contributed by atoms with Crippen molar-refractivity contribution in [3.8, 4) is 6.07 Å². The summed E-state index contributed by atoms with van der Waals surface area (Å²) in [5, 5.41) is 20.6. The number of rotatable bonds is 4. The lowest BCUT2D eigenvalue weighted by molar-refractivity contribution is -0.127. The van der Waals surface area contributed by atoms with Gasteiger partial charge in [-0.2, -0.15) is 5.26 Å². The van der Waals surface area contributed by atoms with Crippen LogP contribution in [0.25, 0.3) is 11.0 Å². The van der Waals surface area contributed by atoms with E-state index in [0.717, 1.165) is 6.92 Å². The number of Topliss-reactive ketones (excluding diaryl/α,β-unsaturated/α-hetero) is 1. The standard InChI is InChI=1S/C14H10N2O5/c1-7(17)9(6-15)13(18)16-11-8-4-2-3-5-10(8)21-12(11)14(19)20/h2-5,9H,1H3,(H,16,18)(H,19,20). The summed E-state index contributed by atoms with van der Waals surface area (Å²) >= 11 is 0. The van der Waals surface area contributed by atoms with Crippen molar-refractivity contribution in [1.82, 2.24) is 0 Å². The number of amides is 1. The van der Waals surface area contributed by atoms with Crippen LogP contribution in [0, 0.1) is 17.2 Å². The minimum atomic E-state index is -1.50. The Labute approximate surface area is 118 Å². The maximum atomic E-state index is 11.9. The molecule has 7 nitrogen and oxygen atoms in total. The maximum absolute atomic E-state index is 11.9. The molecule has 1 aromatic carbocycles. The van der Waals surface area contributed by atoms with Crippen LogP contribution in [0.1, 0.15) is 17.5 Å². The Morgan fingerprint density at radius 1 is 1.33 bits per heavy atom. The van der Waals surface area contributed by atoms with Crippen molar-refractivity contribution in [3.05, 3.63) is 30.0 Å². The van der Waals surface area contributed by atoms with Gasteiger partial charge in [-0.25, -0.2) is 4.79 Å². The summed E-state index contributed by atoms with van der Waals surface area (Å²) in [7, 11) is 0. The second-order valence-corrected chi connectivity index (χ2v) is 4.27. The number of hydrogen-bond donors (Lipinski definition) is 2. The molecule has 0 saturated heterocycles. The van der Waals surface area contributed by atoms with E-state index in [1.165, 1.54) is 0 Å². The first kappa shape index (κ1) is 14.3. The van der Waals surface area contributed by atoms with Gasteiger partial charge in [-0.15, -0.1) is 0 Å². The number of carbonyl (C=O) groups excluding carboxylic acids is 2. The molecule has 0 fully saturated rings. The number of carbonyl (C=O) groups is 3. The van der Waals surface area contributed by atoms with Crippen molar-refractivity contribution in [3.63, 3.8) is 0 Å². The SMILES string of the molecule is CC(=O)C(C#N)C(=O)Nc1c(C(=O)O)oc2ccccc12. The average molecular weight is 286 g/mol. The highest BCUT2D eigenvalue weighted by molar-refractivity contribution is 6.14. The van der Waals surface area contributed by atoms with Gasteiger partial charge in [0, 0.05) is 5.39 Å². The number of furan rings is 1. The van der Waals surface area contributed by atoms with Gasteiger partial charge >= 0.3 is 5.97 Å². The number of nitriles is 1. The first-order valence-electron chi connectivity index (χ1n) is 5.91. The van der Waals surface area contributed by atoms with Crippen LogP contribution in [0.2, 0.25) is 0 Å². The number of nitrogens with zero attached hydrogens (tertiary/aromatic N) is 1. The minimum Gasteiger partial charge on any atom is -0.475 e. The quantitative estimate of drug-likeness (QED) is 0.827. The van der Waals surface area contributed by atoms with Crippen LogP contribution in [0.3, 0.4) is 0 Å². The van der Waals surface area contributed by atoms with Crippen molar-refractivity contribution in [2.24, 2.45) is 5.92 Å². The molecule has 0 radical (unpaired) electrons. The van der Waals surface area contributed by atoms with Crippen LogP contribution in [0.4, 0.5) is 5.69 Å². The minimum absolute atomic E-state index is 0.0652. The number of nitrogens with one attached hydrogen (secondary N) is 1. The molecule has 2 rings (SSSR count). The Kier molecular flexibility index (Phi) is 3.71. The Bertz CT molecular complexity index is 784. The van der Waals surface area contributed by atoms with Gasteiger partial charge in [-0.05, 0) is 19.1 Å². The molecule has 1 aromatic heterocycles. The summed E-state index contributed by atoms with van der Waals surface area (Å²) in [6.45, 7) is 1.11. The van der Waals surface area contributed by atoms with Crippen molar-refractivity contribution in [1.29, 1.82) is 5.26 Å². The number of carboxylic acids is 1. The summed E-state index contributed by atoms with van der Waals surface area (Å²) < 4.78 is 5.15. The molecular weight excluding hydrogens is 276 g/mol. The van der Waals surface area contributed by atoms with E-state index < -0.39 is 29.3 Å². The zero-order valence-electron chi connectivity index (χ0n) is 10.9. The fraction of sp³-hybridized carbons (Fsp3) is 0.143. The number of ketones is 1. The van der Waals surface area contributed by atoms with Crippen LogP contribution in [-0.4, -0.2) is 22.8 Å². The fourth-order valence-electron chi connectivity index (χ4n) is 1.85. The monoisotopic (exact) mass is 286 g/mol. The van der Waals surface area contributed by atoms with E-state index in [9.17, 15) is 14.4 Å². The predicted molar refractivity (Wildman–Crippen MR) is 71.6 cm³/mol. The molecule has 1 heterocycles. The highest BCUT2D eigenvalue weighted by Gasteiger charge is 2.27. The largest absolute Gasteiger partial charge is 0.475 e. The number of carboxylic acid groups (broad SMARTS) is 1. The third-order valence-corrected chi connectivity index (χ3v) is 2.84. The molecule has 0 bridgehead atoms. The van der Waals surface area contributed by atoms with E-state index in [4.69, 9.17) is 14.8 Å². The van der Waals surface area contributed by atoms with Crippen LogP contribution in [-0.2, 0) is 9.59 Å². The summed E-state index contributed by atoms with van der Waals surface area (Å²) in [4.78, 5) is 34.3. The van der Waals surface area contributed by atoms with Gasteiger partial charge in [-0.1, -0.05) is 12.1 Å². The van der Waals surface area contributed by atoms with Crippen molar-refractivity contribution >= 4 is 34.3 Å². The summed E-state index contributed by atoms with van der Waals surface area (Å²) in [5.74, 6) is -4.83. The molecule has 0 aliphatic rings. The summed E-state index contributed by atoms with van der Waals surface area (Å²) in [6.07, 6.45) is 0. The first-order valence-corrected chi connectivity index (χ1v) is 5.91. The predicted octanol–water partition coefficient (Wildman–Crippen LogP) is 1.80. The Morgan fingerprint density at radius 2 is 2.00 bits per heavy atom. The lowest BCUT2D eigenvalue weighted by Gasteiger charge is -2.06. The van der Waals surface area contributed by atoms with Crippen molar-refractivity contribution < 1.29 is 23.9 Å². The highest BCUT2D eigenvalue weighted by Crippen LogP contribution is 2.31. The Hall–Kier alpha value is -3.14. The molecule has 7 heteroatoms.